The minimum absolute atomic E-state index is 0.0103. The maximum Gasteiger partial charge on any atom is 0.408 e. The van der Waals surface area contributed by atoms with Gasteiger partial charge in [-0.1, -0.05) is 36.9 Å². The maximum absolute atomic E-state index is 13.8. The molecule has 0 saturated heterocycles. The minimum Gasteiger partial charge on any atom is -0.444 e. The van der Waals surface area contributed by atoms with Crippen molar-refractivity contribution < 1.29 is 23.9 Å². The fraction of sp³-hybridized carbons (Fsp3) is 0.462. The molecule has 0 bridgehead atoms. The molecule has 9 nitrogen and oxygen atoms in total. The summed E-state index contributed by atoms with van der Waals surface area (Å²) in [5, 5.41) is 5.39. The summed E-state index contributed by atoms with van der Waals surface area (Å²) in [6, 6.07) is 4.73. The molecule has 1 rings (SSSR count). The topological polar surface area (TPSA) is 131 Å². The average molecular weight is 487 g/mol. The molecule has 0 heterocycles. The van der Waals surface area contributed by atoms with Gasteiger partial charge in [-0.3, -0.25) is 14.4 Å². The van der Waals surface area contributed by atoms with E-state index in [2.05, 4.69) is 23.8 Å². The van der Waals surface area contributed by atoms with Crippen LogP contribution in [0.25, 0.3) is 6.08 Å². The van der Waals surface area contributed by atoms with Crippen LogP contribution in [0.3, 0.4) is 0 Å². The second kappa shape index (κ2) is 13.3. The summed E-state index contributed by atoms with van der Waals surface area (Å²) in [5.41, 5.74) is 5.83. The first-order valence-electron chi connectivity index (χ1n) is 11.5. The highest BCUT2D eigenvalue weighted by Crippen LogP contribution is 2.25. The highest BCUT2D eigenvalue weighted by molar-refractivity contribution is 5.92. The summed E-state index contributed by atoms with van der Waals surface area (Å²) in [6.07, 6.45) is 2.09. The van der Waals surface area contributed by atoms with Crippen LogP contribution in [0.2, 0.25) is 0 Å². The van der Waals surface area contributed by atoms with E-state index >= 15 is 0 Å². The number of rotatable bonds is 12. The monoisotopic (exact) mass is 486 g/mol. The van der Waals surface area contributed by atoms with E-state index in [9.17, 15) is 19.2 Å². The van der Waals surface area contributed by atoms with E-state index in [4.69, 9.17) is 10.5 Å². The van der Waals surface area contributed by atoms with Crippen LogP contribution in [0.15, 0.2) is 43.5 Å². The molecule has 1 aromatic carbocycles. The van der Waals surface area contributed by atoms with Crippen LogP contribution in [0.1, 0.15) is 64.6 Å². The number of hydrogen-bond donors (Lipinski definition) is 3. The molecule has 0 fully saturated rings. The predicted molar refractivity (Wildman–Crippen MR) is 136 cm³/mol. The summed E-state index contributed by atoms with van der Waals surface area (Å²) >= 11 is 0. The van der Waals surface area contributed by atoms with Gasteiger partial charge in [-0.2, -0.15) is 0 Å². The third-order valence-corrected chi connectivity index (χ3v) is 4.73. The van der Waals surface area contributed by atoms with Crippen molar-refractivity contribution in [3.8, 4) is 0 Å². The molecule has 0 aliphatic heterocycles. The van der Waals surface area contributed by atoms with Gasteiger partial charge in [0.05, 0.1) is 0 Å². The number of benzene rings is 1. The number of amides is 4. The van der Waals surface area contributed by atoms with E-state index in [0.29, 0.717) is 5.56 Å². The van der Waals surface area contributed by atoms with Gasteiger partial charge >= 0.3 is 6.09 Å². The van der Waals surface area contributed by atoms with Crippen LogP contribution in [0.5, 0.6) is 0 Å². The molecule has 192 valence electrons. The number of nitrogens with zero attached hydrogens (tertiary/aromatic N) is 1. The summed E-state index contributed by atoms with van der Waals surface area (Å²) in [5.74, 6) is -1.61. The highest BCUT2D eigenvalue weighted by Gasteiger charge is 2.36. The second-order valence-corrected chi connectivity index (χ2v) is 9.42. The Morgan fingerprint density at radius 2 is 1.80 bits per heavy atom. The zero-order valence-electron chi connectivity index (χ0n) is 21.3. The lowest BCUT2D eigenvalue weighted by Crippen LogP contribution is -2.53. The lowest BCUT2D eigenvalue weighted by atomic mass is 9.99. The number of nitrogens with two attached hydrogens (primary N) is 1. The molecule has 2 unspecified atom stereocenters. The largest absolute Gasteiger partial charge is 0.444 e. The lowest BCUT2D eigenvalue weighted by Gasteiger charge is -2.34. The number of carbonyl (C=O) groups excluding carboxylic acids is 4. The van der Waals surface area contributed by atoms with Crippen LogP contribution >= 0.6 is 0 Å². The van der Waals surface area contributed by atoms with Gasteiger partial charge in [-0.25, -0.2) is 4.79 Å². The van der Waals surface area contributed by atoms with Crippen LogP contribution in [0, 0.1) is 0 Å². The van der Waals surface area contributed by atoms with Gasteiger partial charge in [-0.05, 0) is 58.2 Å². The molecule has 2 atom stereocenters. The molecular weight excluding hydrogens is 448 g/mol. The number of carbonyl (C=O) groups is 4. The predicted octanol–water partition coefficient (Wildman–Crippen LogP) is 3.07. The van der Waals surface area contributed by atoms with Gasteiger partial charge in [0.2, 0.25) is 17.7 Å². The SMILES string of the molecule is C=CCN(C(=O)C(CCC(N)=O)NC(=O)OC(C)(C)C)C(C(=O)NC(C)C)c1cccc(C=C)c1. The molecule has 0 saturated carbocycles. The lowest BCUT2D eigenvalue weighted by molar-refractivity contribution is -0.142. The molecule has 0 aromatic heterocycles. The molecular formula is C26H38N4O5. The Morgan fingerprint density at radius 3 is 2.31 bits per heavy atom. The standard InChI is InChI=1S/C26H38N4O5/c1-8-15-30(22(23(32)28-17(3)4)19-12-10-11-18(9-2)16-19)24(33)20(13-14-21(27)31)29-25(34)35-26(5,6)7/h8-12,16-17,20,22H,1-2,13-15H2,3-7H3,(H2,27,31)(H,28,32)(H,29,34). The Hall–Kier alpha value is -3.62. The zero-order chi connectivity index (χ0) is 26.8. The second-order valence-electron chi connectivity index (χ2n) is 9.42. The quantitative estimate of drug-likeness (QED) is 0.391. The third kappa shape index (κ3) is 10.0. The first-order chi connectivity index (χ1) is 16.3. The van der Waals surface area contributed by atoms with Crippen molar-refractivity contribution in [3.63, 3.8) is 0 Å². The molecule has 35 heavy (non-hydrogen) atoms. The Bertz CT molecular complexity index is 936. The van der Waals surface area contributed by atoms with Crippen molar-refractivity contribution in [2.75, 3.05) is 6.54 Å². The Balaban J connectivity index is 3.48. The smallest absolute Gasteiger partial charge is 0.408 e. The number of hydrogen-bond acceptors (Lipinski definition) is 5. The molecule has 9 heteroatoms. The Labute approximate surface area is 207 Å². The molecule has 0 aliphatic rings. The van der Waals surface area contributed by atoms with E-state index in [1.807, 2.05) is 19.9 Å². The first-order valence-corrected chi connectivity index (χ1v) is 11.5. The first kappa shape index (κ1) is 29.4. The zero-order valence-corrected chi connectivity index (χ0v) is 21.3. The highest BCUT2D eigenvalue weighted by atomic mass is 16.6. The summed E-state index contributed by atoms with van der Waals surface area (Å²) in [4.78, 5) is 52.3. The molecule has 0 aliphatic carbocycles. The van der Waals surface area contributed by atoms with Crippen molar-refractivity contribution >= 4 is 29.9 Å². The van der Waals surface area contributed by atoms with Crippen molar-refractivity contribution in [2.24, 2.45) is 5.73 Å². The average Bonchev–Trinajstić information content (AvgIpc) is 2.74. The summed E-state index contributed by atoms with van der Waals surface area (Å²) in [6.45, 7) is 16.2. The van der Waals surface area contributed by atoms with Crippen molar-refractivity contribution in [1.29, 1.82) is 0 Å². The summed E-state index contributed by atoms with van der Waals surface area (Å²) in [7, 11) is 0. The van der Waals surface area contributed by atoms with Crippen LogP contribution in [0.4, 0.5) is 4.79 Å². The van der Waals surface area contributed by atoms with Gasteiger partial charge in [0.25, 0.3) is 0 Å². The molecule has 4 amide bonds. The van der Waals surface area contributed by atoms with Crippen molar-refractivity contribution in [1.82, 2.24) is 15.5 Å². The van der Waals surface area contributed by atoms with Crippen molar-refractivity contribution in [2.45, 2.75) is 71.2 Å². The molecule has 1 aromatic rings. The minimum atomic E-state index is -1.16. The Kier molecular flexibility index (Phi) is 11.2. The number of nitrogens with one attached hydrogen (secondary N) is 2. The van der Waals surface area contributed by atoms with E-state index in [1.165, 1.54) is 11.0 Å². The van der Waals surface area contributed by atoms with Gasteiger partial charge in [-0.15, -0.1) is 6.58 Å². The van der Waals surface area contributed by atoms with Crippen LogP contribution < -0.4 is 16.4 Å². The van der Waals surface area contributed by atoms with Crippen LogP contribution in [-0.4, -0.2) is 52.9 Å². The fourth-order valence-corrected chi connectivity index (χ4v) is 3.35. The normalized spacial score (nSPS) is 12.7. The van der Waals surface area contributed by atoms with E-state index in [1.54, 1.807) is 45.0 Å². The van der Waals surface area contributed by atoms with Gasteiger partial charge in [0.15, 0.2) is 0 Å². The van der Waals surface area contributed by atoms with E-state index in [-0.39, 0.29) is 25.4 Å². The number of ether oxygens (including phenoxy) is 1. The molecule has 0 radical (unpaired) electrons. The van der Waals surface area contributed by atoms with Gasteiger partial charge < -0.3 is 26.0 Å². The van der Waals surface area contributed by atoms with Gasteiger partial charge in [0.1, 0.15) is 17.7 Å². The van der Waals surface area contributed by atoms with Crippen molar-refractivity contribution in [3.05, 3.63) is 54.6 Å². The fourth-order valence-electron chi connectivity index (χ4n) is 3.35. The Morgan fingerprint density at radius 1 is 1.14 bits per heavy atom. The van der Waals surface area contributed by atoms with E-state index in [0.717, 1.165) is 5.56 Å². The van der Waals surface area contributed by atoms with Gasteiger partial charge in [0, 0.05) is 19.0 Å². The molecule has 0 spiro atoms. The number of alkyl carbamates (subject to hydrolysis) is 1. The molecule has 4 N–H and O–H groups in total. The third-order valence-electron chi connectivity index (χ3n) is 4.73. The number of primary amides is 1. The van der Waals surface area contributed by atoms with Crippen LogP contribution in [-0.2, 0) is 19.1 Å². The maximum atomic E-state index is 13.8. The summed E-state index contributed by atoms with van der Waals surface area (Å²) < 4.78 is 5.29. The van der Waals surface area contributed by atoms with E-state index < -0.39 is 41.5 Å².